The van der Waals surface area contributed by atoms with Crippen LogP contribution in [0.1, 0.15) is 40.5 Å². The highest BCUT2D eigenvalue weighted by Gasteiger charge is 2.38. The van der Waals surface area contributed by atoms with Crippen LogP contribution in [0, 0.1) is 10.1 Å². The number of nitro benzene ring substituents is 1. The Morgan fingerprint density at radius 1 is 1.16 bits per heavy atom. The Hall–Kier alpha value is -3.95. The van der Waals surface area contributed by atoms with Crippen LogP contribution in [-0.2, 0) is 9.53 Å². The molecule has 0 saturated carbocycles. The van der Waals surface area contributed by atoms with Gasteiger partial charge in [0.25, 0.3) is 11.6 Å². The Kier molecular flexibility index (Phi) is 7.04. The topological polar surface area (TPSA) is 125 Å². The molecule has 1 heterocycles. The van der Waals surface area contributed by atoms with Gasteiger partial charge in [0, 0.05) is 12.6 Å². The molecule has 10 nitrogen and oxygen atoms in total. The summed E-state index contributed by atoms with van der Waals surface area (Å²) in [4.78, 5) is 50.0. The van der Waals surface area contributed by atoms with Gasteiger partial charge in [-0.25, -0.2) is 9.59 Å². The van der Waals surface area contributed by atoms with E-state index in [1.54, 1.807) is 25.1 Å². The molecule has 3 rings (SSSR count). The van der Waals surface area contributed by atoms with Crippen molar-refractivity contribution < 1.29 is 33.5 Å². The molecule has 1 fully saturated rings. The van der Waals surface area contributed by atoms with Gasteiger partial charge in [-0.15, -0.1) is 0 Å². The summed E-state index contributed by atoms with van der Waals surface area (Å²) in [6, 6.07) is 9.39. The summed E-state index contributed by atoms with van der Waals surface area (Å²) >= 11 is 0. The van der Waals surface area contributed by atoms with E-state index in [-0.39, 0.29) is 35.8 Å². The fourth-order valence-electron chi connectivity index (χ4n) is 3.49. The van der Waals surface area contributed by atoms with Crippen molar-refractivity contribution in [3.8, 4) is 11.5 Å². The Labute approximate surface area is 183 Å². The largest absolute Gasteiger partial charge is 0.493 e. The van der Waals surface area contributed by atoms with E-state index < -0.39 is 34.5 Å². The summed E-state index contributed by atoms with van der Waals surface area (Å²) in [7, 11) is 1.28. The maximum Gasteiger partial charge on any atom is 0.343 e. The summed E-state index contributed by atoms with van der Waals surface area (Å²) in [6.45, 7) is 2.07. The van der Waals surface area contributed by atoms with E-state index in [1.165, 1.54) is 24.1 Å². The molecule has 0 bridgehead atoms. The predicted molar refractivity (Wildman–Crippen MR) is 112 cm³/mol. The standard InChI is InChI=1S/C22H22N2O8/c1-3-31-22(27)16-10-7-11-23(16)20(25)15-12-18(30-2)19(13-17(15)24(28)29)32-21(26)14-8-5-4-6-9-14/h4-6,8-9,12-13,16H,3,7,10-11H2,1-2H3/t16-/m0/s1. The fraction of sp³-hybridized carbons (Fsp3) is 0.318. The number of methoxy groups -OCH3 is 1. The van der Waals surface area contributed by atoms with Gasteiger partial charge >= 0.3 is 11.9 Å². The number of ether oxygens (including phenoxy) is 3. The number of hydrogen-bond acceptors (Lipinski definition) is 8. The third-order valence-electron chi connectivity index (χ3n) is 4.99. The van der Waals surface area contributed by atoms with Crippen LogP contribution >= 0.6 is 0 Å². The maximum absolute atomic E-state index is 13.2. The molecular weight excluding hydrogens is 420 g/mol. The van der Waals surface area contributed by atoms with Crippen molar-refractivity contribution in [2.75, 3.05) is 20.3 Å². The lowest BCUT2D eigenvalue weighted by Gasteiger charge is -2.23. The molecule has 0 unspecified atom stereocenters. The van der Waals surface area contributed by atoms with E-state index in [1.807, 2.05) is 0 Å². The van der Waals surface area contributed by atoms with E-state index in [9.17, 15) is 24.5 Å². The second-order valence-electron chi connectivity index (χ2n) is 6.94. The first-order valence-corrected chi connectivity index (χ1v) is 9.98. The van der Waals surface area contributed by atoms with E-state index in [0.717, 1.165) is 12.1 Å². The van der Waals surface area contributed by atoms with Crippen molar-refractivity contribution in [1.82, 2.24) is 4.90 Å². The molecule has 10 heteroatoms. The normalized spacial score (nSPS) is 15.2. The second-order valence-corrected chi connectivity index (χ2v) is 6.94. The van der Waals surface area contributed by atoms with Gasteiger partial charge in [-0.3, -0.25) is 14.9 Å². The molecule has 0 N–H and O–H groups in total. The summed E-state index contributed by atoms with van der Waals surface area (Å²) in [5.74, 6) is -2.23. The van der Waals surface area contributed by atoms with Crippen molar-refractivity contribution in [3.05, 3.63) is 63.7 Å². The van der Waals surface area contributed by atoms with Gasteiger partial charge in [0.2, 0.25) is 0 Å². The zero-order valence-electron chi connectivity index (χ0n) is 17.6. The molecule has 0 radical (unpaired) electrons. The Morgan fingerprint density at radius 2 is 1.88 bits per heavy atom. The molecule has 2 aromatic carbocycles. The molecule has 1 aliphatic rings. The van der Waals surface area contributed by atoms with Crippen molar-refractivity contribution in [2.45, 2.75) is 25.8 Å². The number of nitro groups is 1. The number of nitrogens with zero attached hydrogens (tertiary/aromatic N) is 2. The lowest BCUT2D eigenvalue weighted by atomic mass is 10.1. The number of carbonyl (C=O) groups excluding carboxylic acids is 3. The molecule has 2 aromatic rings. The van der Waals surface area contributed by atoms with Gasteiger partial charge < -0.3 is 19.1 Å². The third kappa shape index (κ3) is 4.69. The molecule has 0 aliphatic carbocycles. The van der Waals surface area contributed by atoms with Crippen LogP contribution in [0.2, 0.25) is 0 Å². The summed E-state index contributed by atoms with van der Waals surface area (Å²) in [5.41, 5.74) is -0.601. The molecular formula is C22H22N2O8. The number of benzene rings is 2. The van der Waals surface area contributed by atoms with Gasteiger partial charge in [0.05, 0.1) is 30.3 Å². The average Bonchev–Trinajstić information content (AvgIpc) is 3.29. The zero-order valence-corrected chi connectivity index (χ0v) is 17.6. The van der Waals surface area contributed by atoms with Crippen LogP contribution in [-0.4, -0.2) is 54.0 Å². The Balaban J connectivity index is 1.96. The molecule has 168 valence electrons. The minimum Gasteiger partial charge on any atom is -0.493 e. The van der Waals surface area contributed by atoms with Crippen LogP contribution in [0.5, 0.6) is 11.5 Å². The smallest absolute Gasteiger partial charge is 0.343 e. The van der Waals surface area contributed by atoms with Crippen molar-refractivity contribution in [3.63, 3.8) is 0 Å². The molecule has 1 atom stereocenters. The number of likely N-dealkylation sites (tertiary alicyclic amines) is 1. The van der Waals surface area contributed by atoms with Gasteiger partial charge in [-0.2, -0.15) is 0 Å². The first kappa shape index (κ1) is 22.7. The van der Waals surface area contributed by atoms with E-state index in [4.69, 9.17) is 14.2 Å². The molecule has 1 aliphatic heterocycles. The second kappa shape index (κ2) is 9.90. The van der Waals surface area contributed by atoms with Gasteiger partial charge in [-0.1, -0.05) is 18.2 Å². The monoisotopic (exact) mass is 442 g/mol. The SMILES string of the molecule is CCOC(=O)[C@@H]1CCCN1C(=O)c1cc(OC)c(OC(=O)c2ccccc2)cc1[N+](=O)[O-]. The van der Waals surface area contributed by atoms with Crippen LogP contribution in [0.4, 0.5) is 5.69 Å². The minimum absolute atomic E-state index is 0.0323. The molecule has 1 saturated heterocycles. The molecule has 32 heavy (non-hydrogen) atoms. The number of carbonyl (C=O) groups is 3. The molecule has 0 spiro atoms. The highest BCUT2D eigenvalue weighted by Crippen LogP contribution is 2.37. The molecule has 1 amide bonds. The zero-order chi connectivity index (χ0) is 23.3. The van der Waals surface area contributed by atoms with Crippen LogP contribution < -0.4 is 9.47 Å². The lowest BCUT2D eigenvalue weighted by Crippen LogP contribution is -2.41. The predicted octanol–water partition coefficient (Wildman–Crippen LogP) is 2.99. The highest BCUT2D eigenvalue weighted by molar-refractivity contribution is 6.01. The summed E-state index contributed by atoms with van der Waals surface area (Å²) in [6.07, 6.45) is 0.967. The average molecular weight is 442 g/mol. The summed E-state index contributed by atoms with van der Waals surface area (Å²) in [5, 5.41) is 11.7. The van der Waals surface area contributed by atoms with Crippen LogP contribution in [0.25, 0.3) is 0 Å². The van der Waals surface area contributed by atoms with Crippen LogP contribution in [0.3, 0.4) is 0 Å². The maximum atomic E-state index is 13.2. The minimum atomic E-state index is -0.816. The number of amides is 1. The van der Waals surface area contributed by atoms with Crippen molar-refractivity contribution in [2.24, 2.45) is 0 Å². The number of esters is 2. The highest BCUT2D eigenvalue weighted by atomic mass is 16.6. The number of hydrogen-bond donors (Lipinski definition) is 0. The first-order chi connectivity index (χ1) is 15.4. The lowest BCUT2D eigenvalue weighted by molar-refractivity contribution is -0.385. The quantitative estimate of drug-likeness (QED) is 0.277. The first-order valence-electron chi connectivity index (χ1n) is 9.98. The number of rotatable bonds is 7. The van der Waals surface area contributed by atoms with Gasteiger partial charge in [0.1, 0.15) is 11.6 Å². The van der Waals surface area contributed by atoms with Gasteiger partial charge in [-0.05, 0) is 31.9 Å². The molecule has 0 aromatic heterocycles. The fourth-order valence-corrected chi connectivity index (χ4v) is 3.49. The third-order valence-corrected chi connectivity index (χ3v) is 4.99. The Bertz CT molecular complexity index is 1040. The van der Waals surface area contributed by atoms with Crippen molar-refractivity contribution in [1.29, 1.82) is 0 Å². The van der Waals surface area contributed by atoms with E-state index in [2.05, 4.69) is 0 Å². The van der Waals surface area contributed by atoms with Crippen LogP contribution in [0.15, 0.2) is 42.5 Å². The van der Waals surface area contributed by atoms with Gasteiger partial charge in [0.15, 0.2) is 11.5 Å². The van der Waals surface area contributed by atoms with E-state index >= 15 is 0 Å². The Morgan fingerprint density at radius 3 is 2.50 bits per heavy atom. The summed E-state index contributed by atoms with van der Waals surface area (Å²) < 4.78 is 15.5. The van der Waals surface area contributed by atoms with Crippen molar-refractivity contribution >= 4 is 23.5 Å². The van der Waals surface area contributed by atoms with E-state index in [0.29, 0.717) is 12.8 Å².